The Labute approximate surface area is 125 Å². The van der Waals surface area contributed by atoms with Crippen molar-refractivity contribution in [2.75, 3.05) is 19.6 Å². The molecule has 2 aliphatic heterocycles. The van der Waals surface area contributed by atoms with Crippen LogP contribution in [0, 0.1) is 11.3 Å². The summed E-state index contributed by atoms with van der Waals surface area (Å²) in [5.41, 5.74) is 0.378. The molecule has 1 aromatic carbocycles. The predicted octanol–water partition coefficient (Wildman–Crippen LogP) is 1.42. The number of hydrogen-bond acceptors (Lipinski definition) is 4. The van der Waals surface area contributed by atoms with Gasteiger partial charge in [-0.3, -0.25) is 4.90 Å². The standard InChI is InChI=1S/C15H19N3O2S/c1-12-10-17-7-3-5-14(17)11-18(12)21(19,20)15-6-2-4-13(8-15)9-16/h2,4,6,8,12,14H,3,5,7,10-11H2,1H3. The zero-order valence-corrected chi connectivity index (χ0v) is 12.9. The lowest BCUT2D eigenvalue weighted by Gasteiger charge is -2.41. The van der Waals surface area contributed by atoms with Crippen molar-refractivity contribution in [2.45, 2.75) is 36.7 Å². The number of benzene rings is 1. The Hall–Kier alpha value is -1.42. The van der Waals surface area contributed by atoms with E-state index in [9.17, 15) is 8.42 Å². The molecule has 0 spiro atoms. The van der Waals surface area contributed by atoms with E-state index in [1.807, 2.05) is 13.0 Å². The van der Waals surface area contributed by atoms with Gasteiger partial charge in [0.1, 0.15) is 0 Å². The summed E-state index contributed by atoms with van der Waals surface area (Å²) in [5.74, 6) is 0. The SMILES string of the molecule is CC1CN2CCCC2CN1S(=O)(=O)c1cccc(C#N)c1. The van der Waals surface area contributed by atoms with Gasteiger partial charge >= 0.3 is 0 Å². The Morgan fingerprint density at radius 1 is 1.33 bits per heavy atom. The van der Waals surface area contributed by atoms with Crippen LogP contribution in [0.2, 0.25) is 0 Å². The van der Waals surface area contributed by atoms with Gasteiger partial charge < -0.3 is 0 Å². The normalized spacial score (nSPS) is 27.2. The van der Waals surface area contributed by atoms with Gasteiger partial charge in [0.2, 0.25) is 10.0 Å². The van der Waals surface area contributed by atoms with E-state index in [-0.39, 0.29) is 10.9 Å². The van der Waals surface area contributed by atoms with E-state index >= 15 is 0 Å². The lowest BCUT2D eigenvalue weighted by Crippen LogP contribution is -2.56. The maximum atomic E-state index is 12.9. The zero-order chi connectivity index (χ0) is 15.0. The molecule has 2 atom stereocenters. The molecule has 2 heterocycles. The Kier molecular flexibility index (Phi) is 3.74. The first-order valence-corrected chi connectivity index (χ1v) is 8.72. The molecule has 21 heavy (non-hydrogen) atoms. The summed E-state index contributed by atoms with van der Waals surface area (Å²) in [6.45, 7) is 4.38. The summed E-state index contributed by atoms with van der Waals surface area (Å²) in [6.07, 6.45) is 2.21. The highest BCUT2D eigenvalue weighted by molar-refractivity contribution is 7.89. The second-order valence-corrected chi connectivity index (χ2v) is 7.74. The number of nitrogens with zero attached hydrogens (tertiary/aromatic N) is 3. The van der Waals surface area contributed by atoms with Crippen LogP contribution in [0.3, 0.4) is 0 Å². The first-order valence-electron chi connectivity index (χ1n) is 7.28. The molecule has 2 fully saturated rings. The molecule has 0 aromatic heterocycles. The van der Waals surface area contributed by atoms with Crippen LogP contribution in [0.15, 0.2) is 29.2 Å². The maximum Gasteiger partial charge on any atom is 0.243 e. The fraction of sp³-hybridized carbons (Fsp3) is 0.533. The van der Waals surface area contributed by atoms with Crippen LogP contribution in [0.5, 0.6) is 0 Å². The van der Waals surface area contributed by atoms with Gasteiger partial charge in [-0.25, -0.2) is 8.42 Å². The summed E-state index contributed by atoms with van der Waals surface area (Å²) < 4.78 is 27.3. The van der Waals surface area contributed by atoms with Crippen molar-refractivity contribution >= 4 is 10.0 Å². The number of rotatable bonds is 2. The highest BCUT2D eigenvalue weighted by atomic mass is 32.2. The molecule has 2 saturated heterocycles. The number of nitriles is 1. The smallest absolute Gasteiger partial charge is 0.243 e. The molecular weight excluding hydrogens is 286 g/mol. The van der Waals surface area contributed by atoms with Gasteiger partial charge in [-0.05, 0) is 44.5 Å². The second kappa shape index (κ2) is 5.41. The van der Waals surface area contributed by atoms with E-state index in [0.717, 1.165) is 25.9 Å². The number of piperazine rings is 1. The van der Waals surface area contributed by atoms with Crippen LogP contribution in [0.25, 0.3) is 0 Å². The fourth-order valence-corrected chi connectivity index (χ4v) is 5.06. The monoisotopic (exact) mass is 305 g/mol. The van der Waals surface area contributed by atoms with E-state index in [0.29, 0.717) is 18.2 Å². The Balaban J connectivity index is 1.92. The molecule has 5 nitrogen and oxygen atoms in total. The van der Waals surface area contributed by atoms with E-state index in [1.54, 1.807) is 22.5 Å². The van der Waals surface area contributed by atoms with Crippen LogP contribution in [-0.2, 0) is 10.0 Å². The average Bonchev–Trinajstić information content (AvgIpc) is 2.93. The molecule has 0 bridgehead atoms. The first kappa shape index (κ1) is 14.5. The van der Waals surface area contributed by atoms with Crippen molar-refractivity contribution in [3.8, 4) is 6.07 Å². The average molecular weight is 305 g/mol. The molecular formula is C15H19N3O2S. The summed E-state index contributed by atoms with van der Waals surface area (Å²) >= 11 is 0. The van der Waals surface area contributed by atoms with Crippen molar-refractivity contribution in [2.24, 2.45) is 0 Å². The summed E-state index contributed by atoms with van der Waals surface area (Å²) in [4.78, 5) is 2.61. The van der Waals surface area contributed by atoms with Gasteiger partial charge in [0.25, 0.3) is 0 Å². The minimum Gasteiger partial charge on any atom is -0.297 e. The molecule has 3 rings (SSSR count). The van der Waals surface area contributed by atoms with E-state index < -0.39 is 10.0 Å². The van der Waals surface area contributed by atoms with Crippen molar-refractivity contribution in [3.63, 3.8) is 0 Å². The van der Waals surface area contributed by atoms with E-state index in [1.165, 1.54) is 6.07 Å². The van der Waals surface area contributed by atoms with Gasteiger partial charge in [-0.1, -0.05) is 6.07 Å². The Morgan fingerprint density at radius 2 is 2.14 bits per heavy atom. The molecule has 1 aromatic rings. The molecule has 0 amide bonds. The lowest BCUT2D eigenvalue weighted by molar-refractivity contribution is 0.117. The third-order valence-corrected chi connectivity index (χ3v) is 6.43. The van der Waals surface area contributed by atoms with Gasteiger partial charge in [0, 0.05) is 25.2 Å². The molecule has 2 aliphatic rings. The largest absolute Gasteiger partial charge is 0.297 e. The summed E-state index contributed by atoms with van der Waals surface area (Å²) in [7, 11) is -3.53. The van der Waals surface area contributed by atoms with Crippen molar-refractivity contribution < 1.29 is 8.42 Å². The van der Waals surface area contributed by atoms with Gasteiger partial charge in [-0.15, -0.1) is 0 Å². The van der Waals surface area contributed by atoms with Crippen LogP contribution < -0.4 is 0 Å². The fourth-order valence-electron chi connectivity index (χ4n) is 3.36. The third-order valence-electron chi connectivity index (χ3n) is 4.45. The van der Waals surface area contributed by atoms with Crippen LogP contribution in [-0.4, -0.2) is 49.3 Å². The van der Waals surface area contributed by atoms with Crippen LogP contribution in [0.4, 0.5) is 0 Å². The number of sulfonamides is 1. The second-order valence-electron chi connectivity index (χ2n) is 5.85. The number of hydrogen-bond donors (Lipinski definition) is 0. The predicted molar refractivity (Wildman–Crippen MR) is 79.1 cm³/mol. The quantitative estimate of drug-likeness (QED) is 0.829. The lowest BCUT2D eigenvalue weighted by atomic mass is 10.1. The zero-order valence-electron chi connectivity index (χ0n) is 12.1. The van der Waals surface area contributed by atoms with Crippen molar-refractivity contribution in [1.82, 2.24) is 9.21 Å². The molecule has 112 valence electrons. The Bertz CT molecular complexity index is 680. The minimum absolute atomic E-state index is 0.0323. The van der Waals surface area contributed by atoms with E-state index in [4.69, 9.17) is 5.26 Å². The molecule has 2 unspecified atom stereocenters. The minimum atomic E-state index is -3.53. The molecule has 0 aliphatic carbocycles. The summed E-state index contributed by atoms with van der Waals surface area (Å²) in [5, 5.41) is 8.95. The topological polar surface area (TPSA) is 64.4 Å². The van der Waals surface area contributed by atoms with Crippen molar-refractivity contribution in [3.05, 3.63) is 29.8 Å². The van der Waals surface area contributed by atoms with Gasteiger partial charge in [0.05, 0.1) is 16.5 Å². The van der Waals surface area contributed by atoms with Crippen molar-refractivity contribution in [1.29, 1.82) is 5.26 Å². The third kappa shape index (κ3) is 2.57. The first-order chi connectivity index (χ1) is 10.0. The van der Waals surface area contributed by atoms with E-state index in [2.05, 4.69) is 4.90 Å². The Morgan fingerprint density at radius 3 is 2.90 bits per heavy atom. The molecule has 0 N–H and O–H groups in total. The highest BCUT2D eigenvalue weighted by Gasteiger charge is 2.40. The molecule has 0 radical (unpaired) electrons. The molecule has 0 saturated carbocycles. The molecule has 6 heteroatoms. The number of fused-ring (bicyclic) bond motifs is 1. The van der Waals surface area contributed by atoms with Crippen LogP contribution >= 0.6 is 0 Å². The van der Waals surface area contributed by atoms with Gasteiger partial charge in [-0.2, -0.15) is 9.57 Å². The summed E-state index contributed by atoms with van der Waals surface area (Å²) in [6, 6.07) is 8.59. The maximum absolute atomic E-state index is 12.9. The van der Waals surface area contributed by atoms with Crippen LogP contribution in [0.1, 0.15) is 25.3 Å². The highest BCUT2D eigenvalue weighted by Crippen LogP contribution is 2.29. The van der Waals surface area contributed by atoms with Gasteiger partial charge in [0.15, 0.2) is 0 Å².